The van der Waals surface area contributed by atoms with Gasteiger partial charge in [0.05, 0.1) is 5.56 Å². The fraction of sp³-hybridized carbons (Fsp3) is 0.286. The Morgan fingerprint density at radius 2 is 2.10 bits per heavy atom. The van der Waals surface area contributed by atoms with Crippen LogP contribution in [-0.2, 0) is 4.79 Å². The van der Waals surface area contributed by atoms with Crippen molar-refractivity contribution in [1.29, 1.82) is 0 Å². The van der Waals surface area contributed by atoms with Crippen LogP contribution in [0.15, 0.2) is 30.5 Å². The van der Waals surface area contributed by atoms with Crippen molar-refractivity contribution in [2.75, 3.05) is 19.6 Å². The minimum atomic E-state index is -0.981. The monoisotopic (exact) mass is 273 g/mol. The van der Waals surface area contributed by atoms with Crippen LogP contribution < -0.4 is 5.32 Å². The predicted octanol–water partition coefficient (Wildman–Crippen LogP) is 0.667. The summed E-state index contributed by atoms with van der Waals surface area (Å²) in [6, 6.07) is 6.68. The molecule has 20 heavy (non-hydrogen) atoms. The summed E-state index contributed by atoms with van der Waals surface area (Å²) in [4.78, 5) is 28.3. The summed E-state index contributed by atoms with van der Waals surface area (Å²) in [6.07, 6.45) is 1.65. The zero-order chi connectivity index (χ0) is 14.1. The summed E-state index contributed by atoms with van der Waals surface area (Å²) in [6.45, 7) is 1.29. The molecule has 3 N–H and O–H groups in total. The third kappa shape index (κ3) is 2.04. The molecule has 3 rings (SSSR count). The van der Waals surface area contributed by atoms with Crippen molar-refractivity contribution in [2.45, 2.75) is 6.04 Å². The molecule has 0 bridgehead atoms. The van der Waals surface area contributed by atoms with E-state index < -0.39 is 12.0 Å². The van der Waals surface area contributed by atoms with E-state index in [1.165, 1.54) is 4.90 Å². The van der Waals surface area contributed by atoms with Crippen LogP contribution in [-0.4, -0.2) is 52.5 Å². The minimum Gasteiger partial charge on any atom is -0.480 e. The lowest BCUT2D eigenvalue weighted by molar-refractivity contribution is -0.142. The van der Waals surface area contributed by atoms with Crippen molar-refractivity contribution in [3.05, 3.63) is 36.0 Å². The fourth-order valence-electron chi connectivity index (χ4n) is 2.57. The number of hydrogen-bond donors (Lipinski definition) is 3. The number of aliphatic carboxylic acids is 1. The summed E-state index contributed by atoms with van der Waals surface area (Å²) in [7, 11) is 0. The van der Waals surface area contributed by atoms with Gasteiger partial charge in [-0.2, -0.15) is 0 Å². The van der Waals surface area contributed by atoms with Gasteiger partial charge in [0.25, 0.3) is 5.91 Å². The van der Waals surface area contributed by atoms with Gasteiger partial charge >= 0.3 is 5.97 Å². The Morgan fingerprint density at radius 1 is 1.30 bits per heavy atom. The Balaban J connectivity index is 1.96. The fourth-order valence-corrected chi connectivity index (χ4v) is 2.57. The highest BCUT2D eigenvalue weighted by Gasteiger charge is 2.33. The number of benzene rings is 1. The van der Waals surface area contributed by atoms with Gasteiger partial charge in [-0.15, -0.1) is 0 Å². The second-order valence-electron chi connectivity index (χ2n) is 4.80. The van der Waals surface area contributed by atoms with Crippen molar-refractivity contribution in [1.82, 2.24) is 15.2 Å². The number of nitrogens with one attached hydrogen (secondary N) is 2. The summed E-state index contributed by atoms with van der Waals surface area (Å²) < 4.78 is 0. The molecule has 0 saturated carbocycles. The van der Waals surface area contributed by atoms with Gasteiger partial charge in [0.1, 0.15) is 6.04 Å². The van der Waals surface area contributed by atoms with Gasteiger partial charge in [-0.3, -0.25) is 4.79 Å². The third-order valence-corrected chi connectivity index (χ3v) is 3.61. The third-order valence-electron chi connectivity index (χ3n) is 3.61. The number of piperazine rings is 1. The van der Waals surface area contributed by atoms with Crippen molar-refractivity contribution in [2.24, 2.45) is 0 Å². The number of aromatic amines is 1. The maximum absolute atomic E-state index is 12.6. The van der Waals surface area contributed by atoms with Crippen molar-refractivity contribution >= 4 is 22.8 Å². The molecular weight excluding hydrogens is 258 g/mol. The van der Waals surface area contributed by atoms with E-state index in [4.69, 9.17) is 0 Å². The topological polar surface area (TPSA) is 85.4 Å². The molecule has 104 valence electrons. The average Bonchev–Trinajstić information content (AvgIpc) is 2.90. The quantitative estimate of drug-likeness (QED) is 0.750. The molecule has 1 aliphatic heterocycles. The van der Waals surface area contributed by atoms with Gasteiger partial charge in [-0.25, -0.2) is 4.79 Å². The largest absolute Gasteiger partial charge is 0.480 e. The number of H-pyrrole nitrogens is 1. The number of hydrogen-bond acceptors (Lipinski definition) is 3. The van der Waals surface area contributed by atoms with E-state index in [-0.39, 0.29) is 12.5 Å². The number of para-hydroxylation sites is 1. The van der Waals surface area contributed by atoms with E-state index in [2.05, 4.69) is 10.3 Å². The van der Waals surface area contributed by atoms with Gasteiger partial charge < -0.3 is 20.3 Å². The van der Waals surface area contributed by atoms with Crippen LogP contribution in [0, 0.1) is 0 Å². The maximum Gasteiger partial charge on any atom is 0.327 e. The molecule has 1 amide bonds. The first-order valence-corrected chi connectivity index (χ1v) is 6.49. The number of carbonyl (C=O) groups is 2. The first-order valence-electron chi connectivity index (χ1n) is 6.49. The predicted molar refractivity (Wildman–Crippen MR) is 73.6 cm³/mol. The smallest absolute Gasteiger partial charge is 0.327 e. The molecule has 1 unspecified atom stereocenters. The Bertz CT molecular complexity index is 664. The van der Waals surface area contributed by atoms with Crippen LogP contribution in [0.3, 0.4) is 0 Å². The lowest BCUT2D eigenvalue weighted by Gasteiger charge is -2.33. The minimum absolute atomic E-state index is 0.239. The van der Waals surface area contributed by atoms with Crippen molar-refractivity contribution in [3.8, 4) is 0 Å². The lowest BCUT2D eigenvalue weighted by Crippen LogP contribution is -2.56. The number of rotatable bonds is 2. The Morgan fingerprint density at radius 3 is 2.90 bits per heavy atom. The molecule has 6 heteroatoms. The summed E-state index contributed by atoms with van der Waals surface area (Å²) in [5.74, 6) is -1.22. The van der Waals surface area contributed by atoms with E-state index in [0.29, 0.717) is 18.7 Å². The van der Waals surface area contributed by atoms with Gasteiger partial charge in [0.2, 0.25) is 0 Å². The number of aromatic nitrogens is 1. The first-order chi connectivity index (χ1) is 9.68. The molecule has 0 aliphatic carbocycles. The molecule has 1 aromatic carbocycles. The highest BCUT2D eigenvalue weighted by Crippen LogP contribution is 2.20. The summed E-state index contributed by atoms with van der Waals surface area (Å²) >= 11 is 0. The zero-order valence-corrected chi connectivity index (χ0v) is 10.8. The van der Waals surface area contributed by atoms with Gasteiger partial charge in [0, 0.05) is 36.7 Å². The Hall–Kier alpha value is -2.34. The highest BCUT2D eigenvalue weighted by atomic mass is 16.4. The SMILES string of the molecule is O=C(O)C1CNCCN1C(=O)c1c[nH]c2ccccc12. The molecule has 0 radical (unpaired) electrons. The van der Waals surface area contributed by atoms with E-state index in [9.17, 15) is 14.7 Å². The van der Waals surface area contributed by atoms with Gasteiger partial charge in [0.15, 0.2) is 0 Å². The maximum atomic E-state index is 12.6. The second kappa shape index (κ2) is 4.97. The van der Waals surface area contributed by atoms with Gasteiger partial charge in [-0.1, -0.05) is 18.2 Å². The molecule has 2 heterocycles. The molecule has 1 atom stereocenters. The number of nitrogens with zero attached hydrogens (tertiary/aromatic N) is 1. The molecule has 1 aliphatic rings. The number of carboxylic acid groups (broad SMARTS) is 1. The van der Waals surface area contributed by atoms with Crippen LogP contribution in [0.2, 0.25) is 0 Å². The Kier molecular flexibility index (Phi) is 3.15. The molecular formula is C14H15N3O3. The standard InChI is InChI=1S/C14H15N3O3/c18-13(17-6-5-15-8-12(17)14(19)20)10-7-16-11-4-2-1-3-9(10)11/h1-4,7,12,15-16H,5-6,8H2,(H,19,20). The number of fused-ring (bicyclic) bond motifs is 1. The van der Waals surface area contributed by atoms with Crippen LogP contribution >= 0.6 is 0 Å². The van der Waals surface area contributed by atoms with Crippen molar-refractivity contribution in [3.63, 3.8) is 0 Å². The highest BCUT2D eigenvalue weighted by molar-refractivity contribution is 6.07. The van der Waals surface area contributed by atoms with Crippen LogP contribution in [0.25, 0.3) is 10.9 Å². The summed E-state index contributed by atoms with van der Waals surface area (Å²) in [5, 5.41) is 13.0. The van der Waals surface area contributed by atoms with E-state index in [0.717, 1.165) is 10.9 Å². The molecule has 1 aromatic heterocycles. The molecule has 6 nitrogen and oxygen atoms in total. The first kappa shape index (κ1) is 12.7. The van der Waals surface area contributed by atoms with Crippen molar-refractivity contribution < 1.29 is 14.7 Å². The normalized spacial score (nSPS) is 19.2. The zero-order valence-electron chi connectivity index (χ0n) is 10.8. The van der Waals surface area contributed by atoms with Crippen LogP contribution in [0.5, 0.6) is 0 Å². The van der Waals surface area contributed by atoms with Gasteiger partial charge in [-0.05, 0) is 6.07 Å². The van der Waals surface area contributed by atoms with E-state index in [1.807, 2.05) is 24.3 Å². The summed E-state index contributed by atoms with van der Waals surface area (Å²) in [5.41, 5.74) is 1.40. The van der Waals surface area contributed by atoms with E-state index >= 15 is 0 Å². The lowest BCUT2D eigenvalue weighted by atomic mass is 10.1. The molecule has 0 spiro atoms. The molecule has 1 saturated heterocycles. The van der Waals surface area contributed by atoms with E-state index in [1.54, 1.807) is 6.20 Å². The Labute approximate surface area is 115 Å². The average molecular weight is 273 g/mol. The van der Waals surface area contributed by atoms with Crippen LogP contribution in [0.4, 0.5) is 0 Å². The molecule has 2 aromatic rings. The van der Waals surface area contributed by atoms with Crippen LogP contribution in [0.1, 0.15) is 10.4 Å². The second-order valence-corrected chi connectivity index (χ2v) is 4.80. The number of carbonyl (C=O) groups excluding carboxylic acids is 1. The number of carboxylic acids is 1. The number of amides is 1. The molecule has 1 fully saturated rings.